The first-order valence-corrected chi connectivity index (χ1v) is 6.11. The quantitative estimate of drug-likeness (QED) is 0.855. The van der Waals surface area contributed by atoms with Gasteiger partial charge in [-0.15, -0.1) is 0 Å². The Bertz CT molecular complexity index is 636. The second-order valence-corrected chi connectivity index (χ2v) is 4.75. The van der Waals surface area contributed by atoms with E-state index in [9.17, 15) is 0 Å². The first kappa shape index (κ1) is 11.3. The fourth-order valence-corrected chi connectivity index (χ4v) is 2.23. The molecule has 1 aliphatic rings. The molecule has 2 aromatic rings. The van der Waals surface area contributed by atoms with Crippen LogP contribution in [-0.4, -0.2) is 21.3 Å². The van der Waals surface area contributed by atoms with Crippen molar-refractivity contribution in [3.05, 3.63) is 18.0 Å². The summed E-state index contributed by atoms with van der Waals surface area (Å²) in [5, 5.41) is 0. The predicted octanol–water partition coefficient (Wildman–Crippen LogP) is 1.75. The van der Waals surface area contributed by atoms with Gasteiger partial charge in [0.15, 0.2) is 11.5 Å². The molecule has 0 saturated heterocycles. The molecule has 1 aromatic carbocycles. The van der Waals surface area contributed by atoms with Gasteiger partial charge in [-0.25, -0.2) is 4.98 Å². The monoisotopic (exact) mass is 263 g/mol. The van der Waals surface area contributed by atoms with Gasteiger partial charge in [-0.2, -0.15) is 0 Å². The summed E-state index contributed by atoms with van der Waals surface area (Å²) in [6.45, 7) is 2.97. The molecule has 94 valence electrons. The maximum Gasteiger partial charge on any atom is 0.231 e. The van der Waals surface area contributed by atoms with E-state index >= 15 is 0 Å². The van der Waals surface area contributed by atoms with Crippen LogP contribution in [0.5, 0.6) is 11.5 Å². The number of thiocarbonyl (C=S) groups is 1. The number of imidazole rings is 1. The Labute approximate surface area is 109 Å². The molecule has 0 saturated carbocycles. The third kappa shape index (κ3) is 1.78. The summed E-state index contributed by atoms with van der Waals surface area (Å²) in [5.41, 5.74) is 7.47. The van der Waals surface area contributed by atoms with Crippen LogP contribution in [0.15, 0.2) is 12.1 Å². The summed E-state index contributed by atoms with van der Waals surface area (Å²) in [5.74, 6) is 2.45. The topological polar surface area (TPSA) is 62.3 Å². The van der Waals surface area contributed by atoms with Crippen LogP contribution >= 0.6 is 12.2 Å². The van der Waals surface area contributed by atoms with Gasteiger partial charge in [0.05, 0.1) is 16.0 Å². The molecule has 5 nitrogen and oxygen atoms in total. The van der Waals surface area contributed by atoms with Crippen molar-refractivity contribution < 1.29 is 9.47 Å². The Hall–Kier alpha value is -1.82. The van der Waals surface area contributed by atoms with Crippen molar-refractivity contribution in [3.63, 3.8) is 0 Å². The van der Waals surface area contributed by atoms with Gasteiger partial charge < -0.3 is 19.8 Å². The molecule has 0 aliphatic carbocycles. The average molecular weight is 263 g/mol. The van der Waals surface area contributed by atoms with Crippen LogP contribution in [-0.2, 0) is 6.54 Å². The lowest BCUT2D eigenvalue weighted by molar-refractivity contribution is 0.174. The minimum atomic E-state index is 0.272. The van der Waals surface area contributed by atoms with Gasteiger partial charge in [-0.3, -0.25) is 0 Å². The van der Waals surface area contributed by atoms with Crippen LogP contribution in [0.1, 0.15) is 12.2 Å². The highest BCUT2D eigenvalue weighted by Gasteiger charge is 2.17. The van der Waals surface area contributed by atoms with Gasteiger partial charge in [-0.05, 0) is 6.92 Å². The normalized spacial score (nSPS) is 13.2. The molecule has 3 rings (SSSR count). The maximum absolute atomic E-state index is 5.55. The molecule has 2 heterocycles. The van der Waals surface area contributed by atoms with Crippen LogP contribution in [0.3, 0.4) is 0 Å². The maximum atomic E-state index is 5.55. The number of fused-ring (bicyclic) bond motifs is 2. The molecule has 18 heavy (non-hydrogen) atoms. The lowest BCUT2D eigenvalue weighted by Gasteiger charge is -2.06. The number of aromatic nitrogens is 2. The van der Waals surface area contributed by atoms with Gasteiger partial charge in [-0.1, -0.05) is 12.2 Å². The van der Waals surface area contributed by atoms with Gasteiger partial charge in [0.2, 0.25) is 6.79 Å². The van der Waals surface area contributed by atoms with Crippen LogP contribution in [0.4, 0.5) is 0 Å². The fraction of sp³-hybridized carbons (Fsp3) is 0.333. The van der Waals surface area contributed by atoms with Crippen LogP contribution in [0.2, 0.25) is 0 Å². The van der Waals surface area contributed by atoms with E-state index in [1.165, 1.54) is 0 Å². The summed E-state index contributed by atoms with van der Waals surface area (Å²) in [7, 11) is 0. The van der Waals surface area contributed by atoms with E-state index in [0.29, 0.717) is 11.4 Å². The lowest BCUT2D eigenvalue weighted by Crippen LogP contribution is -2.12. The Morgan fingerprint density at radius 3 is 2.89 bits per heavy atom. The average Bonchev–Trinajstić information content (AvgIpc) is 2.86. The SMILES string of the molecule is Cc1nc2cc3c(cc2n1CCC(N)=S)OCO3. The first-order chi connectivity index (χ1) is 8.65. The third-order valence-electron chi connectivity index (χ3n) is 3.02. The predicted molar refractivity (Wildman–Crippen MR) is 72.0 cm³/mol. The van der Waals surface area contributed by atoms with E-state index in [1.807, 2.05) is 19.1 Å². The summed E-state index contributed by atoms with van der Waals surface area (Å²) in [4.78, 5) is 5.02. The Kier molecular flexibility index (Phi) is 2.59. The number of ether oxygens (including phenoxy) is 2. The van der Waals surface area contributed by atoms with E-state index in [1.54, 1.807) is 0 Å². The highest BCUT2D eigenvalue weighted by Crippen LogP contribution is 2.36. The van der Waals surface area contributed by atoms with Crippen molar-refractivity contribution in [2.24, 2.45) is 5.73 Å². The largest absolute Gasteiger partial charge is 0.454 e. The zero-order chi connectivity index (χ0) is 12.7. The van der Waals surface area contributed by atoms with Gasteiger partial charge >= 0.3 is 0 Å². The number of aryl methyl sites for hydroxylation is 2. The number of hydrogen-bond acceptors (Lipinski definition) is 4. The fourth-order valence-electron chi connectivity index (χ4n) is 2.14. The van der Waals surface area contributed by atoms with E-state index < -0.39 is 0 Å². The van der Waals surface area contributed by atoms with Crippen LogP contribution in [0.25, 0.3) is 11.0 Å². The third-order valence-corrected chi connectivity index (χ3v) is 3.22. The number of benzene rings is 1. The molecular weight excluding hydrogens is 250 g/mol. The number of rotatable bonds is 3. The molecule has 1 aromatic heterocycles. The van der Waals surface area contributed by atoms with E-state index in [2.05, 4.69) is 9.55 Å². The molecule has 0 atom stereocenters. The minimum absolute atomic E-state index is 0.272. The minimum Gasteiger partial charge on any atom is -0.454 e. The standard InChI is InChI=1S/C12H13N3O2S/c1-7-14-8-4-10-11(17-6-16-10)5-9(8)15(7)3-2-12(13)18/h4-5H,2-3,6H2,1H3,(H2,13,18). The second kappa shape index (κ2) is 4.13. The van der Waals surface area contributed by atoms with Crippen molar-refractivity contribution in [1.29, 1.82) is 0 Å². The number of nitrogens with two attached hydrogens (primary N) is 1. The van der Waals surface area contributed by atoms with E-state index in [-0.39, 0.29) is 6.79 Å². The Morgan fingerprint density at radius 1 is 1.44 bits per heavy atom. The van der Waals surface area contributed by atoms with Gasteiger partial charge in [0, 0.05) is 25.1 Å². The molecule has 0 fully saturated rings. The van der Waals surface area contributed by atoms with Crippen molar-refractivity contribution in [2.75, 3.05) is 6.79 Å². The molecule has 0 bridgehead atoms. The van der Waals surface area contributed by atoms with Crippen LogP contribution in [0, 0.1) is 6.92 Å². The summed E-state index contributed by atoms with van der Waals surface area (Å²) in [6.07, 6.45) is 0.663. The van der Waals surface area contributed by atoms with E-state index in [4.69, 9.17) is 27.4 Å². The van der Waals surface area contributed by atoms with Gasteiger partial charge in [0.1, 0.15) is 5.82 Å². The highest BCUT2D eigenvalue weighted by molar-refractivity contribution is 7.80. The lowest BCUT2D eigenvalue weighted by atomic mass is 10.2. The van der Waals surface area contributed by atoms with Crippen molar-refractivity contribution in [3.8, 4) is 11.5 Å². The number of hydrogen-bond donors (Lipinski definition) is 1. The molecule has 0 radical (unpaired) electrons. The molecule has 2 N–H and O–H groups in total. The van der Waals surface area contributed by atoms with E-state index in [0.717, 1.165) is 34.9 Å². The smallest absolute Gasteiger partial charge is 0.231 e. The molecule has 1 aliphatic heterocycles. The zero-order valence-corrected chi connectivity index (χ0v) is 10.8. The van der Waals surface area contributed by atoms with Crippen LogP contribution < -0.4 is 15.2 Å². The summed E-state index contributed by atoms with van der Waals surface area (Å²) < 4.78 is 12.8. The molecule has 0 amide bonds. The van der Waals surface area contributed by atoms with Crippen molar-refractivity contribution in [2.45, 2.75) is 19.9 Å². The number of nitrogens with zero attached hydrogens (tertiary/aromatic N) is 2. The Morgan fingerprint density at radius 2 is 2.17 bits per heavy atom. The Balaban J connectivity index is 2.07. The zero-order valence-electron chi connectivity index (χ0n) is 9.97. The molecule has 0 unspecified atom stereocenters. The molecule has 0 spiro atoms. The summed E-state index contributed by atoms with van der Waals surface area (Å²) in [6, 6.07) is 3.86. The van der Waals surface area contributed by atoms with Crippen molar-refractivity contribution in [1.82, 2.24) is 9.55 Å². The highest BCUT2D eigenvalue weighted by atomic mass is 32.1. The second-order valence-electron chi connectivity index (χ2n) is 4.22. The molecular formula is C12H13N3O2S. The van der Waals surface area contributed by atoms with Crippen molar-refractivity contribution >= 4 is 28.2 Å². The van der Waals surface area contributed by atoms with Gasteiger partial charge in [0.25, 0.3) is 0 Å². The summed E-state index contributed by atoms with van der Waals surface area (Å²) >= 11 is 4.91. The molecule has 6 heteroatoms. The first-order valence-electron chi connectivity index (χ1n) is 5.70.